The summed E-state index contributed by atoms with van der Waals surface area (Å²) >= 11 is 12.5. The summed E-state index contributed by atoms with van der Waals surface area (Å²) in [5.41, 5.74) is 0.738. The van der Waals surface area contributed by atoms with Crippen LogP contribution in [0.15, 0.2) is 48.5 Å². The van der Waals surface area contributed by atoms with Crippen molar-refractivity contribution in [3.63, 3.8) is 0 Å². The molecule has 2 aliphatic rings. The Morgan fingerprint density at radius 3 is 2.33 bits per heavy atom. The van der Waals surface area contributed by atoms with Crippen molar-refractivity contribution in [3.8, 4) is 0 Å². The van der Waals surface area contributed by atoms with Crippen LogP contribution in [-0.4, -0.2) is 39.1 Å². The van der Waals surface area contributed by atoms with Crippen molar-refractivity contribution in [2.75, 3.05) is 0 Å². The lowest BCUT2D eigenvalue weighted by Crippen LogP contribution is -2.59. The number of piperidine rings is 1. The fourth-order valence-electron chi connectivity index (χ4n) is 5.50. The molecule has 176 valence electrons. The van der Waals surface area contributed by atoms with Gasteiger partial charge in [-0.15, -0.1) is 0 Å². The number of carbonyl (C=O) groups excluding carboxylic acids is 1. The van der Waals surface area contributed by atoms with Gasteiger partial charge in [-0.05, 0) is 67.5 Å². The molecule has 4 rings (SSSR count). The van der Waals surface area contributed by atoms with E-state index in [2.05, 4.69) is 0 Å². The van der Waals surface area contributed by atoms with Crippen LogP contribution in [0.4, 0.5) is 0 Å². The first-order chi connectivity index (χ1) is 15.6. The summed E-state index contributed by atoms with van der Waals surface area (Å²) in [7, 11) is 0. The third-order valence-corrected chi connectivity index (χ3v) is 7.54. The van der Waals surface area contributed by atoms with E-state index in [1.165, 1.54) is 0 Å². The first-order valence-corrected chi connectivity index (χ1v) is 12.1. The van der Waals surface area contributed by atoms with Crippen molar-refractivity contribution in [2.45, 2.75) is 63.6 Å². The lowest BCUT2D eigenvalue weighted by Gasteiger charge is -2.52. The Hall–Kier alpha value is -2.08. The molecule has 5 atom stereocenters. The molecule has 1 unspecified atom stereocenters. The van der Waals surface area contributed by atoms with Crippen LogP contribution in [0.25, 0.3) is 0 Å². The van der Waals surface area contributed by atoms with Gasteiger partial charge in [0.1, 0.15) is 0 Å². The molecule has 2 aromatic rings. The molecule has 7 heteroatoms. The van der Waals surface area contributed by atoms with Crippen molar-refractivity contribution < 1.29 is 19.8 Å². The summed E-state index contributed by atoms with van der Waals surface area (Å²) in [4.78, 5) is 27.7. The number of carbonyl (C=O) groups is 2. The maximum Gasteiger partial charge on any atom is 0.304 e. The van der Waals surface area contributed by atoms with Crippen LogP contribution in [0.3, 0.4) is 0 Å². The second-order valence-corrected chi connectivity index (χ2v) is 10.6. The number of aliphatic carboxylic acids is 1. The summed E-state index contributed by atoms with van der Waals surface area (Å²) in [5, 5.41) is 21.6. The molecule has 1 aliphatic heterocycles. The van der Waals surface area contributed by atoms with Crippen LogP contribution in [-0.2, 0) is 9.59 Å². The third kappa shape index (κ3) is 4.91. The van der Waals surface area contributed by atoms with Crippen molar-refractivity contribution in [1.29, 1.82) is 0 Å². The average molecular weight is 490 g/mol. The Kier molecular flexibility index (Phi) is 6.77. The number of nitrogens with zero attached hydrogens (tertiary/aromatic N) is 1. The molecule has 0 radical (unpaired) electrons. The highest BCUT2D eigenvalue weighted by Crippen LogP contribution is 2.54. The molecule has 1 saturated heterocycles. The molecule has 1 saturated carbocycles. The van der Waals surface area contributed by atoms with E-state index in [0.29, 0.717) is 16.5 Å². The summed E-state index contributed by atoms with van der Waals surface area (Å²) in [6, 6.07) is 14.2. The second-order valence-electron chi connectivity index (χ2n) is 9.77. The van der Waals surface area contributed by atoms with Crippen molar-refractivity contribution in [1.82, 2.24) is 4.90 Å². The molecular weight excluding hydrogens is 461 g/mol. The summed E-state index contributed by atoms with van der Waals surface area (Å²) < 4.78 is 0. The first-order valence-electron chi connectivity index (χ1n) is 11.3. The lowest BCUT2D eigenvalue weighted by molar-refractivity contribution is -0.164. The van der Waals surface area contributed by atoms with E-state index in [1.54, 1.807) is 36.9 Å². The molecule has 2 fully saturated rings. The van der Waals surface area contributed by atoms with E-state index in [9.17, 15) is 19.8 Å². The van der Waals surface area contributed by atoms with E-state index < -0.39 is 23.5 Å². The monoisotopic (exact) mass is 489 g/mol. The number of benzene rings is 2. The Labute approximate surface area is 204 Å². The number of rotatable bonds is 7. The zero-order valence-electron chi connectivity index (χ0n) is 18.7. The van der Waals surface area contributed by atoms with Gasteiger partial charge in [0.25, 0.3) is 0 Å². The van der Waals surface area contributed by atoms with Gasteiger partial charge in [-0.2, -0.15) is 0 Å². The number of hydrogen-bond donors (Lipinski definition) is 2. The molecule has 33 heavy (non-hydrogen) atoms. The Balaban J connectivity index is 1.92. The standard InChI is InChI=1S/C26H29Cl2NO4/c1-15(30)23(16-6-7-16)29-24(17-8-10-19(27)11-9-17)21(18-4-3-5-20(28)12-18)13-26(2,25(29)33)14-22(31)32/h3-5,8-12,15-16,21,23-24,30H,6-7,13-14H2,1-2H3,(H,31,32)/t15-,21?,23-,24-,26-/m1/s1. The van der Waals surface area contributed by atoms with Gasteiger partial charge < -0.3 is 15.1 Å². The minimum atomic E-state index is -1.11. The van der Waals surface area contributed by atoms with Crippen LogP contribution in [0.1, 0.15) is 62.6 Å². The molecule has 0 spiro atoms. The third-order valence-electron chi connectivity index (χ3n) is 7.05. The van der Waals surface area contributed by atoms with E-state index >= 15 is 0 Å². The number of amides is 1. The fourth-order valence-corrected chi connectivity index (χ4v) is 5.82. The van der Waals surface area contributed by atoms with E-state index in [1.807, 2.05) is 30.3 Å². The highest BCUT2D eigenvalue weighted by Gasteiger charge is 2.55. The molecule has 2 aromatic carbocycles. The van der Waals surface area contributed by atoms with Crippen LogP contribution in [0.5, 0.6) is 0 Å². The minimum absolute atomic E-state index is 0.191. The maximum atomic E-state index is 14.1. The number of carboxylic acid groups (broad SMARTS) is 1. The quantitative estimate of drug-likeness (QED) is 0.523. The summed E-state index contributed by atoms with van der Waals surface area (Å²) in [5.74, 6) is -1.25. The van der Waals surface area contributed by atoms with Crippen LogP contribution in [0.2, 0.25) is 10.0 Å². The predicted octanol–water partition coefficient (Wildman–Crippen LogP) is 5.69. The smallest absolute Gasteiger partial charge is 0.304 e. The van der Waals surface area contributed by atoms with Gasteiger partial charge in [-0.3, -0.25) is 9.59 Å². The number of aliphatic hydroxyl groups excluding tert-OH is 1. The molecule has 5 nitrogen and oxygen atoms in total. The van der Waals surface area contributed by atoms with Crippen LogP contribution < -0.4 is 0 Å². The van der Waals surface area contributed by atoms with Gasteiger partial charge in [0.15, 0.2) is 0 Å². The minimum Gasteiger partial charge on any atom is -0.481 e. The van der Waals surface area contributed by atoms with Crippen molar-refractivity contribution >= 4 is 35.1 Å². The summed E-state index contributed by atoms with van der Waals surface area (Å²) in [6.07, 6.45) is 1.21. The molecule has 1 amide bonds. The zero-order valence-corrected chi connectivity index (χ0v) is 20.3. The van der Waals surface area contributed by atoms with Crippen LogP contribution in [0, 0.1) is 11.3 Å². The zero-order chi connectivity index (χ0) is 23.9. The number of likely N-dealkylation sites (tertiary alicyclic amines) is 1. The largest absolute Gasteiger partial charge is 0.481 e. The molecule has 0 bridgehead atoms. The topological polar surface area (TPSA) is 77.8 Å². The van der Waals surface area contributed by atoms with Crippen molar-refractivity contribution in [2.24, 2.45) is 11.3 Å². The van der Waals surface area contributed by atoms with E-state index in [4.69, 9.17) is 23.2 Å². The number of carboxylic acids is 1. The maximum absolute atomic E-state index is 14.1. The average Bonchev–Trinajstić information content (AvgIpc) is 3.56. The highest BCUT2D eigenvalue weighted by molar-refractivity contribution is 6.30. The normalized spacial score (nSPS) is 27.3. The SMILES string of the molecule is C[C@@H](O)[C@H](C1CC1)N1C(=O)[C@@](C)(CC(=O)O)CC(c2cccc(Cl)c2)[C@H]1c1ccc(Cl)cc1. The Morgan fingerprint density at radius 2 is 1.79 bits per heavy atom. The lowest BCUT2D eigenvalue weighted by atomic mass is 9.66. The van der Waals surface area contributed by atoms with Gasteiger partial charge in [0, 0.05) is 16.0 Å². The number of hydrogen-bond acceptors (Lipinski definition) is 3. The highest BCUT2D eigenvalue weighted by atomic mass is 35.5. The van der Waals surface area contributed by atoms with E-state index in [0.717, 1.165) is 24.0 Å². The van der Waals surface area contributed by atoms with Crippen molar-refractivity contribution in [3.05, 3.63) is 69.7 Å². The summed E-state index contributed by atoms with van der Waals surface area (Å²) in [6.45, 7) is 3.45. The molecule has 1 heterocycles. The second kappa shape index (κ2) is 9.28. The molecular formula is C26H29Cl2NO4. The fraction of sp³-hybridized carbons (Fsp3) is 0.462. The Morgan fingerprint density at radius 1 is 1.12 bits per heavy atom. The molecule has 1 aliphatic carbocycles. The first kappa shape index (κ1) is 24.1. The van der Waals surface area contributed by atoms with E-state index in [-0.39, 0.29) is 30.2 Å². The van der Waals surface area contributed by atoms with Crippen LogP contribution >= 0.6 is 23.2 Å². The number of halogens is 2. The van der Waals surface area contributed by atoms with Gasteiger partial charge in [0.2, 0.25) is 5.91 Å². The molecule has 0 aromatic heterocycles. The number of aliphatic hydroxyl groups is 1. The van der Waals surface area contributed by atoms with Gasteiger partial charge in [-0.25, -0.2) is 0 Å². The van der Waals surface area contributed by atoms with Gasteiger partial charge in [-0.1, -0.05) is 54.4 Å². The van der Waals surface area contributed by atoms with Gasteiger partial charge in [0.05, 0.1) is 30.0 Å². The molecule has 2 N–H and O–H groups in total. The predicted molar refractivity (Wildman–Crippen MR) is 128 cm³/mol. The Bertz CT molecular complexity index is 1030. The van der Waals surface area contributed by atoms with Gasteiger partial charge >= 0.3 is 5.97 Å².